The van der Waals surface area contributed by atoms with E-state index in [1.807, 2.05) is 6.92 Å². The van der Waals surface area contributed by atoms with E-state index in [2.05, 4.69) is 0 Å². The van der Waals surface area contributed by atoms with Crippen molar-refractivity contribution in [3.8, 4) is 17.2 Å². The van der Waals surface area contributed by atoms with Gasteiger partial charge >= 0.3 is 5.97 Å². The summed E-state index contributed by atoms with van der Waals surface area (Å²) in [5.41, 5.74) is 0.573. The molecule has 0 bridgehead atoms. The van der Waals surface area contributed by atoms with E-state index in [1.54, 1.807) is 12.1 Å². The summed E-state index contributed by atoms with van der Waals surface area (Å²) in [6, 6.07) is 4.67. The van der Waals surface area contributed by atoms with E-state index in [1.165, 1.54) is 27.4 Å². The molecule has 1 aromatic heterocycles. The molecule has 0 saturated heterocycles. The van der Waals surface area contributed by atoms with E-state index in [0.29, 0.717) is 35.0 Å². The van der Waals surface area contributed by atoms with Gasteiger partial charge in [-0.2, -0.15) is 0 Å². The zero-order valence-corrected chi connectivity index (χ0v) is 14.0. The Morgan fingerprint density at radius 3 is 2.12 bits per heavy atom. The van der Waals surface area contributed by atoms with E-state index >= 15 is 0 Å². The number of furan rings is 1. The van der Waals surface area contributed by atoms with E-state index < -0.39 is 12.1 Å². The number of carboxylic acids is 1. The lowest BCUT2D eigenvalue weighted by Crippen LogP contribution is -2.06. The molecule has 1 aromatic carbocycles. The molecule has 7 nitrogen and oxygen atoms in total. The zero-order chi connectivity index (χ0) is 17.9. The van der Waals surface area contributed by atoms with Crippen molar-refractivity contribution in [3.63, 3.8) is 0 Å². The van der Waals surface area contributed by atoms with Crippen LogP contribution in [0.4, 0.5) is 0 Å². The lowest BCUT2D eigenvalue weighted by atomic mass is 10.0. The molecule has 0 radical (unpaired) electrons. The van der Waals surface area contributed by atoms with Crippen LogP contribution >= 0.6 is 0 Å². The van der Waals surface area contributed by atoms with Gasteiger partial charge in [-0.05, 0) is 23.8 Å². The van der Waals surface area contributed by atoms with Gasteiger partial charge in [-0.1, -0.05) is 6.92 Å². The van der Waals surface area contributed by atoms with Gasteiger partial charge < -0.3 is 28.8 Å². The van der Waals surface area contributed by atoms with Crippen LogP contribution in [0.15, 0.2) is 22.6 Å². The molecule has 130 valence electrons. The minimum Gasteiger partial charge on any atom is -0.493 e. The number of ether oxygens (including phenoxy) is 3. The predicted octanol–water partition coefficient (Wildman–Crippen LogP) is 2.65. The van der Waals surface area contributed by atoms with Crippen molar-refractivity contribution in [2.75, 3.05) is 21.3 Å². The molecule has 0 saturated carbocycles. The first kappa shape index (κ1) is 17.7. The highest BCUT2D eigenvalue weighted by molar-refractivity contribution is 5.86. The highest BCUT2D eigenvalue weighted by atomic mass is 16.5. The molecule has 0 aliphatic heterocycles. The third-order valence-electron chi connectivity index (χ3n) is 3.65. The second-order valence-electron chi connectivity index (χ2n) is 5.02. The normalized spacial score (nSPS) is 11.9. The number of aromatic carboxylic acids is 1. The molecule has 2 N–H and O–H groups in total. The third-order valence-corrected chi connectivity index (χ3v) is 3.65. The van der Waals surface area contributed by atoms with Crippen molar-refractivity contribution in [1.29, 1.82) is 0 Å². The van der Waals surface area contributed by atoms with Gasteiger partial charge in [0.15, 0.2) is 11.5 Å². The Labute approximate surface area is 139 Å². The van der Waals surface area contributed by atoms with E-state index in [9.17, 15) is 15.0 Å². The standard InChI is InChI=1S/C17H20O7/c1-5-10-8-11(15(24-10)17(19)20)14(18)9-6-12(21-2)16(23-4)13(7-9)22-3/h6-8,14,18H,5H2,1-4H3,(H,19,20). The molecule has 0 aliphatic carbocycles. The van der Waals surface area contributed by atoms with Gasteiger partial charge in [0.1, 0.15) is 11.9 Å². The summed E-state index contributed by atoms with van der Waals surface area (Å²) >= 11 is 0. The van der Waals surface area contributed by atoms with Gasteiger partial charge in [0, 0.05) is 12.0 Å². The van der Waals surface area contributed by atoms with Crippen molar-refractivity contribution in [2.45, 2.75) is 19.4 Å². The molecule has 2 rings (SSSR count). The molecule has 1 heterocycles. The van der Waals surface area contributed by atoms with Crippen LogP contribution in [0.1, 0.15) is 40.5 Å². The fourth-order valence-electron chi connectivity index (χ4n) is 2.44. The maximum atomic E-state index is 11.4. The average molecular weight is 336 g/mol. The van der Waals surface area contributed by atoms with Crippen molar-refractivity contribution in [2.24, 2.45) is 0 Å². The monoisotopic (exact) mass is 336 g/mol. The molecule has 1 atom stereocenters. The van der Waals surface area contributed by atoms with Crippen LogP contribution < -0.4 is 14.2 Å². The number of carboxylic acid groups (broad SMARTS) is 1. The molecular weight excluding hydrogens is 316 g/mol. The Hall–Kier alpha value is -2.67. The lowest BCUT2D eigenvalue weighted by molar-refractivity contribution is 0.0653. The minimum absolute atomic E-state index is 0.175. The Morgan fingerprint density at radius 2 is 1.71 bits per heavy atom. The topological polar surface area (TPSA) is 98.4 Å². The third kappa shape index (κ3) is 3.16. The SMILES string of the molecule is CCc1cc(C(O)c2cc(OC)c(OC)c(OC)c2)c(C(=O)O)o1. The highest BCUT2D eigenvalue weighted by Gasteiger charge is 2.26. The first-order valence-electron chi connectivity index (χ1n) is 7.30. The molecule has 2 aromatic rings. The highest BCUT2D eigenvalue weighted by Crippen LogP contribution is 2.41. The Bertz CT molecular complexity index is 708. The number of hydrogen-bond donors (Lipinski definition) is 2. The van der Waals surface area contributed by atoms with Gasteiger partial charge in [0.2, 0.25) is 11.5 Å². The quantitative estimate of drug-likeness (QED) is 0.802. The van der Waals surface area contributed by atoms with Crippen molar-refractivity contribution in [3.05, 3.63) is 40.8 Å². The smallest absolute Gasteiger partial charge is 0.372 e. The van der Waals surface area contributed by atoms with Gasteiger partial charge in [-0.3, -0.25) is 0 Å². The van der Waals surface area contributed by atoms with Crippen LogP contribution in [0.3, 0.4) is 0 Å². The molecule has 24 heavy (non-hydrogen) atoms. The summed E-state index contributed by atoms with van der Waals surface area (Å²) in [5, 5.41) is 19.9. The Balaban J connectivity index is 2.56. The summed E-state index contributed by atoms with van der Waals surface area (Å²) in [7, 11) is 4.40. The first-order valence-corrected chi connectivity index (χ1v) is 7.30. The minimum atomic E-state index is -1.24. The van der Waals surface area contributed by atoms with Crippen LogP contribution in [0.5, 0.6) is 17.2 Å². The van der Waals surface area contributed by atoms with Gasteiger partial charge in [-0.15, -0.1) is 0 Å². The summed E-state index contributed by atoms with van der Waals surface area (Å²) in [6.45, 7) is 1.83. The van der Waals surface area contributed by atoms with Crippen LogP contribution in [-0.2, 0) is 6.42 Å². The zero-order valence-electron chi connectivity index (χ0n) is 14.0. The van der Waals surface area contributed by atoms with Gasteiger partial charge in [-0.25, -0.2) is 4.79 Å². The maximum Gasteiger partial charge on any atom is 0.372 e. The number of rotatable bonds is 7. The summed E-state index contributed by atoms with van der Waals surface area (Å²) in [4.78, 5) is 11.4. The lowest BCUT2D eigenvalue weighted by Gasteiger charge is -2.16. The van der Waals surface area contributed by atoms with Gasteiger partial charge in [0.05, 0.1) is 21.3 Å². The second kappa shape index (κ2) is 7.27. The number of hydrogen-bond acceptors (Lipinski definition) is 6. The fourth-order valence-corrected chi connectivity index (χ4v) is 2.44. The molecule has 7 heteroatoms. The van der Waals surface area contributed by atoms with Crippen molar-refractivity contribution >= 4 is 5.97 Å². The summed E-state index contributed by atoms with van der Waals surface area (Å²) in [5.74, 6) is 0.0676. The largest absolute Gasteiger partial charge is 0.493 e. The number of aliphatic hydroxyl groups excluding tert-OH is 1. The maximum absolute atomic E-state index is 11.4. The molecule has 1 unspecified atom stereocenters. The Morgan fingerprint density at radius 1 is 1.12 bits per heavy atom. The van der Waals surface area contributed by atoms with Crippen molar-refractivity contribution < 1.29 is 33.6 Å². The average Bonchev–Trinajstić information content (AvgIpc) is 3.04. The van der Waals surface area contributed by atoms with Crippen molar-refractivity contribution in [1.82, 2.24) is 0 Å². The van der Waals surface area contributed by atoms with Crippen LogP contribution in [0.2, 0.25) is 0 Å². The van der Waals surface area contributed by atoms with E-state index in [-0.39, 0.29) is 11.3 Å². The van der Waals surface area contributed by atoms with Crippen LogP contribution in [0, 0.1) is 0 Å². The number of carbonyl (C=O) groups is 1. The summed E-state index contributed by atoms with van der Waals surface area (Å²) in [6.07, 6.45) is -0.698. The van der Waals surface area contributed by atoms with Gasteiger partial charge in [0.25, 0.3) is 0 Å². The fraction of sp³-hybridized carbons (Fsp3) is 0.353. The summed E-state index contributed by atoms with van der Waals surface area (Å²) < 4.78 is 21.0. The first-order chi connectivity index (χ1) is 11.5. The van der Waals surface area contributed by atoms with E-state index in [0.717, 1.165) is 0 Å². The van der Waals surface area contributed by atoms with Crippen LogP contribution in [0.25, 0.3) is 0 Å². The molecule has 0 spiro atoms. The molecule has 0 amide bonds. The molecular formula is C17H20O7. The van der Waals surface area contributed by atoms with E-state index in [4.69, 9.17) is 18.6 Å². The van der Waals surface area contributed by atoms with Crippen LogP contribution in [-0.4, -0.2) is 37.5 Å². The number of methoxy groups -OCH3 is 3. The number of benzene rings is 1. The number of aryl methyl sites for hydroxylation is 1. The number of aliphatic hydroxyl groups is 1. The molecule has 0 aliphatic rings. The molecule has 0 fully saturated rings. The second-order valence-corrected chi connectivity index (χ2v) is 5.02. The Kier molecular flexibility index (Phi) is 5.35. The predicted molar refractivity (Wildman–Crippen MR) is 85.2 cm³/mol.